The first kappa shape index (κ1) is 20.6. The number of methoxy groups -OCH3 is 1. The normalized spacial score (nSPS) is 18.5. The number of rotatable bonds is 7. The van der Waals surface area contributed by atoms with Crippen LogP contribution in [0.5, 0.6) is 5.75 Å². The maximum absolute atomic E-state index is 12.9. The molecule has 0 aliphatic carbocycles. The molecule has 0 spiro atoms. The maximum Gasteiger partial charge on any atom is 0.295 e. The summed E-state index contributed by atoms with van der Waals surface area (Å²) in [5.74, 6) is -0.761. The van der Waals surface area contributed by atoms with Gasteiger partial charge in [0.25, 0.3) is 11.7 Å². The number of carbonyl (C=O) groups is 2. The highest BCUT2D eigenvalue weighted by atomic mass is 16.5. The number of amides is 1. The molecule has 0 aromatic heterocycles. The molecule has 2 aromatic carbocycles. The minimum atomic E-state index is -0.656. The van der Waals surface area contributed by atoms with Gasteiger partial charge in [0.1, 0.15) is 11.5 Å². The van der Waals surface area contributed by atoms with Gasteiger partial charge in [-0.25, -0.2) is 0 Å². The van der Waals surface area contributed by atoms with Crippen molar-refractivity contribution in [3.05, 3.63) is 71.3 Å². The van der Waals surface area contributed by atoms with E-state index < -0.39 is 17.7 Å². The summed E-state index contributed by atoms with van der Waals surface area (Å²) in [6.45, 7) is 1.30. The Morgan fingerprint density at radius 1 is 1.10 bits per heavy atom. The first-order valence-corrected chi connectivity index (χ1v) is 9.71. The molecule has 2 N–H and O–H groups in total. The second kappa shape index (κ2) is 8.92. The fourth-order valence-corrected chi connectivity index (χ4v) is 3.62. The number of quaternary nitrogens is 1. The van der Waals surface area contributed by atoms with Crippen LogP contribution >= 0.6 is 0 Å². The van der Waals surface area contributed by atoms with Gasteiger partial charge in [0.15, 0.2) is 0 Å². The predicted octanol–water partition coefficient (Wildman–Crippen LogP) is 1.65. The molecular formula is C23H27N2O4+. The number of nitrogens with one attached hydrogen (secondary N) is 1. The van der Waals surface area contributed by atoms with Crippen molar-refractivity contribution >= 4 is 17.4 Å². The lowest BCUT2D eigenvalue weighted by Gasteiger charge is -2.25. The topological polar surface area (TPSA) is 71.3 Å². The van der Waals surface area contributed by atoms with Crippen LogP contribution in [-0.2, 0) is 9.59 Å². The van der Waals surface area contributed by atoms with E-state index in [9.17, 15) is 14.7 Å². The van der Waals surface area contributed by atoms with Crippen LogP contribution < -0.4 is 9.64 Å². The van der Waals surface area contributed by atoms with E-state index in [-0.39, 0.29) is 11.3 Å². The van der Waals surface area contributed by atoms with E-state index in [1.807, 2.05) is 38.4 Å². The van der Waals surface area contributed by atoms with E-state index in [4.69, 9.17) is 4.74 Å². The summed E-state index contributed by atoms with van der Waals surface area (Å²) in [4.78, 5) is 28.6. The molecule has 0 unspecified atom stereocenters. The molecule has 0 saturated carbocycles. The van der Waals surface area contributed by atoms with Crippen LogP contribution in [0.3, 0.4) is 0 Å². The van der Waals surface area contributed by atoms with E-state index in [0.717, 1.165) is 18.5 Å². The summed E-state index contributed by atoms with van der Waals surface area (Å²) < 4.78 is 5.33. The number of hydrogen-bond acceptors (Lipinski definition) is 4. The molecule has 1 amide bonds. The van der Waals surface area contributed by atoms with Crippen molar-refractivity contribution in [1.29, 1.82) is 0 Å². The number of ketones is 1. The van der Waals surface area contributed by atoms with Gasteiger partial charge in [0, 0.05) is 18.5 Å². The molecule has 1 aliphatic rings. The Morgan fingerprint density at radius 2 is 1.83 bits per heavy atom. The van der Waals surface area contributed by atoms with Crippen molar-refractivity contribution in [3.63, 3.8) is 0 Å². The molecule has 1 fully saturated rings. The molecule has 0 radical (unpaired) electrons. The van der Waals surface area contributed by atoms with Crippen LogP contribution in [0.25, 0.3) is 5.76 Å². The number of aliphatic hydroxyl groups is 1. The van der Waals surface area contributed by atoms with Gasteiger partial charge in [-0.05, 0) is 17.7 Å². The maximum atomic E-state index is 12.9. The van der Waals surface area contributed by atoms with Crippen LogP contribution in [0.4, 0.5) is 0 Å². The minimum Gasteiger partial charge on any atom is -0.507 e. The summed E-state index contributed by atoms with van der Waals surface area (Å²) >= 11 is 0. The molecule has 1 atom stereocenters. The Bertz CT molecular complexity index is 921. The van der Waals surface area contributed by atoms with Gasteiger partial charge in [-0.2, -0.15) is 0 Å². The first-order chi connectivity index (χ1) is 13.9. The highest BCUT2D eigenvalue weighted by Crippen LogP contribution is 2.40. The van der Waals surface area contributed by atoms with Crippen molar-refractivity contribution in [2.75, 3.05) is 34.3 Å². The Morgan fingerprint density at radius 3 is 2.48 bits per heavy atom. The van der Waals surface area contributed by atoms with Crippen molar-refractivity contribution in [2.24, 2.45) is 0 Å². The molecule has 3 rings (SSSR count). The first-order valence-electron chi connectivity index (χ1n) is 9.71. The lowest BCUT2D eigenvalue weighted by atomic mass is 9.95. The number of benzene rings is 2. The molecule has 152 valence electrons. The van der Waals surface area contributed by atoms with Crippen molar-refractivity contribution in [2.45, 2.75) is 12.5 Å². The average molecular weight is 395 g/mol. The summed E-state index contributed by atoms with van der Waals surface area (Å²) in [6, 6.07) is 15.5. The van der Waals surface area contributed by atoms with E-state index in [0.29, 0.717) is 17.9 Å². The van der Waals surface area contributed by atoms with Gasteiger partial charge in [0.05, 0.1) is 39.4 Å². The van der Waals surface area contributed by atoms with E-state index in [1.165, 1.54) is 4.90 Å². The number of likely N-dealkylation sites (tertiary alicyclic amines) is 1. The van der Waals surface area contributed by atoms with Crippen molar-refractivity contribution in [1.82, 2.24) is 4.90 Å². The van der Waals surface area contributed by atoms with Gasteiger partial charge in [-0.1, -0.05) is 42.5 Å². The van der Waals surface area contributed by atoms with Crippen molar-refractivity contribution < 1.29 is 24.3 Å². The minimum absolute atomic E-state index is 0.117. The second-order valence-corrected chi connectivity index (χ2v) is 7.45. The molecule has 1 saturated heterocycles. The summed E-state index contributed by atoms with van der Waals surface area (Å²) in [5.41, 5.74) is 1.36. The Balaban J connectivity index is 2.09. The number of nitrogens with zero attached hydrogens (tertiary/aromatic N) is 1. The standard InChI is InChI=1S/C23H26N2O4/c1-24(2)13-8-14-25-20(17-11-7-12-18(15-17)29-3)19(22(27)23(25)28)21(26)16-9-5-4-6-10-16/h4-7,9-12,15,20,26H,8,13-14H2,1-3H3/p+1/t20-/m0/s1. The van der Waals surface area contributed by atoms with Crippen LogP contribution in [0.15, 0.2) is 60.2 Å². The number of Topliss-reactive ketones (excluding diaryl/α,β-unsaturated/α-hetero) is 1. The van der Waals surface area contributed by atoms with Crippen LogP contribution in [0.1, 0.15) is 23.6 Å². The fourth-order valence-electron chi connectivity index (χ4n) is 3.62. The van der Waals surface area contributed by atoms with Gasteiger partial charge in [0.2, 0.25) is 0 Å². The number of ether oxygens (including phenoxy) is 1. The van der Waals surface area contributed by atoms with Gasteiger partial charge in [-0.3, -0.25) is 9.59 Å². The smallest absolute Gasteiger partial charge is 0.295 e. The van der Waals surface area contributed by atoms with Crippen LogP contribution in [0.2, 0.25) is 0 Å². The average Bonchev–Trinajstić information content (AvgIpc) is 2.98. The zero-order valence-corrected chi connectivity index (χ0v) is 17.0. The highest BCUT2D eigenvalue weighted by molar-refractivity contribution is 6.46. The molecule has 1 heterocycles. The van der Waals surface area contributed by atoms with E-state index >= 15 is 0 Å². The Kier molecular flexibility index (Phi) is 6.34. The second-order valence-electron chi connectivity index (χ2n) is 7.45. The van der Waals surface area contributed by atoms with Crippen LogP contribution in [0, 0.1) is 0 Å². The van der Waals surface area contributed by atoms with Gasteiger partial charge < -0.3 is 19.6 Å². The summed E-state index contributed by atoms with van der Waals surface area (Å²) in [5, 5.41) is 10.9. The highest BCUT2D eigenvalue weighted by Gasteiger charge is 2.45. The molecule has 6 nitrogen and oxygen atoms in total. The Hall–Kier alpha value is -3.12. The fraction of sp³-hybridized carbons (Fsp3) is 0.304. The zero-order valence-electron chi connectivity index (χ0n) is 17.0. The SMILES string of the molecule is COc1cccc([C@H]2C(=C(O)c3ccccc3)C(=O)C(=O)N2CCC[NH+](C)C)c1. The lowest BCUT2D eigenvalue weighted by molar-refractivity contribution is -0.858. The number of aliphatic hydroxyl groups excluding tert-OH is 1. The van der Waals surface area contributed by atoms with Crippen molar-refractivity contribution in [3.8, 4) is 5.75 Å². The number of carbonyl (C=O) groups excluding carboxylic acids is 2. The Labute approximate surface area is 171 Å². The van der Waals surface area contributed by atoms with E-state index in [2.05, 4.69) is 0 Å². The molecule has 0 bridgehead atoms. The monoisotopic (exact) mass is 395 g/mol. The zero-order chi connectivity index (χ0) is 21.0. The largest absolute Gasteiger partial charge is 0.507 e. The predicted molar refractivity (Wildman–Crippen MR) is 111 cm³/mol. The quantitative estimate of drug-likeness (QED) is 0.425. The van der Waals surface area contributed by atoms with E-state index in [1.54, 1.807) is 42.3 Å². The van der Waals surface area contributed by atoms with Gasteiger partial charge >= 0.3 is 0 Å². The third-order valence-electron chi connectivity index (χ3n) is 5.07. The third kappa shape index (κ3) is 4.32. The third-order valence-corrected chi connectivity index (χ3v) is 5.07. The van der Waals surface area contributed by atoms with Crippen LogP contribution in [-0.4, -0.2) is 56.0 Å². The lowest BCUT2D eigenvalue weighted by Crippen LogP contribution is -3.05. The molecule has 6 heteroatoms. The molecular weight excluding hydrogens is 368 g/mol. The molecule has 29 heavy (non-hydrogen) atoms. The number of hydrogen-bond donors (Lipinski definition) is 2. The molecule has 2 aromatic rings. The molecule has 1 aliphatic heterocycles. The summed E-state index contributed by atoms with van der Waals surface area (Å²) in [7, 11) is 5.66. The van der Waals surface area contributed by atoms with Gasteiger partial charge in [-0.15, -0.1) is 0 Å². The summed E-state index contributed by atoms with van der Waals surface area (Å²) in [6.07, 6.45) is 0.751.